The van der Waals surface area contributed by atoms with Gasteiger partial charge in [-0.15, -0.1) is 0 Å². The van der Waals surface area contributed by atoms with Crippen molar-refractivity contribution in [3.8, 4) is 5.75 Å². The van der Waals surface area contributed by atoms with E-state index in [9.17, 15) is 4.79 Å². The quantitative estimate of drug-likeness (QED) is 0.793. The van der Waals surface area contributed by atoms with Gasteiger partial charge in [-0.1, -0.05) is 6.42 Å². The number of benzene rings is 1. The third kappa shape index (κ3) is 3.64. The minimum atomic E-state index is -0.0205. The Morgan fingerprint density at radius 1 is 1.14 bits per heavy atom. The molecule has 2 heterocycles. The summed E-state index contributed by atoms with van der Waals surface area (Å²) in [6.07, 6.45) is 6.46. The van der Waals surface area contributed by atoms with Crippen LogP contribution in [0.5, 0.6) is 5.75 Å². The molecule has 1 aromatic carbocycles. The molecule has 0 spiro atoms. The fourth-order valence-electron chi connectivity index (χ4n) is 2.81. The van der Waals surface area contributed by atoms with E-state index in [0.717, 1.165) is 18.7 Å². The third-order valence-electron chi connectivity index (χ3n) is 3.97. The molecular weight excluding hydrogens is 266 g/mol. The first-order chi connectivity index (χ1) is 10.3. The molecule has 2 aromatic rings. The van der Waals surface area contributed by atoms with Crippen LogP contribution in [0.15, 0.2) is 39.7 Å². The summed E-state index contributed by atoms with van der Waals surface area (Å²) in [6.45, 7) is 4.24. The highest BCUT2D eigenvalue weighted by Gasteiger charge is 2.09. The first kappa shape index (κ1) is 14.1. The van der Waals surface area contributed by atoms with E-state index in [2.05, 4.69) is 4.90 Å². The standard InChI is InChI=1S/C17H21NO3/c19-16-7-12-21-17-13-14(5-6-15(16)17)20-11-4-10-18-8-2-1-3-9-18/h5-7,12-13H,1-4,8-11H2. The van der Waals surface area contributed by atoms with E-state index >= 15 is 0 Å². The average Bonchev–Trinajstić information content (AvgIpc) is 2.53. The predicted octanol–water partition coefficient (Wildman–Crippen LogP) is 3.05. The Bertz CT molecular complexity index is 644. The molecule has 1 aliphatic rings. The van der Waals surface area contributed by atoms with Crippen LogP contribution in [0, 0.1) is 0 Å². The Hall–Kier alpha value is -1.81. The largest absolute Gasteiger partial charge is 0.493 e. The Morgan fingerprint density at radius 3 is 2.86 bits per heavy atom. The van der Waals surface area contributed by atoms with Gasteiger partial charge in [0.2, 0.25) is 0 Å². The van der Waals surface area contributed by atoms with Gasteiger partial charge in [0.15, 0.2) is 5.43 Å². The molecule has 1 saturated heterocycles. The number of hydrogen-bond donors (Lipinski definition) is 0. The first-order valence-corrected chi connectivity index (χ1v) is 7.70. The average molecular weight is 287 g/mol. The van der Waals surface area contributed by atoms with E-state index in [1.54, 1.807) is 12.1 Å². The molecule has 21 heavy (non-hydrogen) atoms. The van der Waals surface area contributed by atoms with Crippen LogP contribution in [0.1, 0.15) is 25.7 Å². The van der Waals surface area contributed by atoms with Crippen molar-refractivity contribution in [3.05, 3.63) is 40.8 Å². The summed E-state index contributed by atoms with van der Waals surface area (Å²) in [4.78, 5) is 14.1. The van der Waals surface area contributed by atoms with Gasteiger partial charge < -0.3 is 14.1 Å². The Labute approximate surface area is 124 Å². The topological polar surface area (TPSA) is 42.7 Å². The van der Waals surface area contributed by atoms with Gasteiger partial charge in [-0.3, -0.25) is 4.79 Å². The molecule has 0 radical (unpaired) electrons. The molecule has 112 valence electrons. The van der Waals surface area contributed by atoms with Crippen LogP contribution in [0.25, 0.3) is 11.0 Å². The van der Waals surface area contributed by atoms with E-state index in [1.807, 2.05) is 6.07 Å². The highest BCUT2D eigenvalue weighted by molar-refractivity contribution is 5.77. The lowest BCUT2D eigenvalue weighted by atomic mass is 10.1. The first-order valence-electron chi connectivity index (χ1n) is 7.70. The van der Waals surface area contributed by atoms with Crippen molar-refractivity contribution in [1.82, 2.24) is 4.90 Å². The van der Waals surface area contributed by atoms with Gasteiger partial charge in [0.25, 0.3) is 0 Å². The molecule has 0 amide bonds. The maximum Gasteiger partial charge on any atom is 0.192 e. The van der Waals surface area contributed by atoms with Crippen LogP contribution in [0.4, 0.5) is 0 Å². The fourth-order valence-corrected chi connectivity index (χ4v) is 2.81. The maximum absolute atomic E-state index is 11.6. The number of rotatable bonds is 5. The van der Waals surface area contributed by atoms with Crippen molar-refractivity contribution in [3.63, 3.8) is 0 Å². The zero-order valence-corrected chi connectivity index (χ0v) is 12.2. The normalized spacial score (nSPS) is 16.2. The summed E-state index contributed by atoms with van der Waals surface area (Å²) in [5.74, 6) is 0.760. The summed E-state index contributed by atoms with van der Waals surface area (Å²) in [7, 11) is 0. The zero-order valence-electron chi connectivity index (χ0n) is 12.2. The summed E-state index contributed by atoms with van der Waals surface area (Å²) in [6, 6.07) is 6.82. The van der Waals surface area contributed by atoms with Gasteiger partial charge in [0.05, 0.1) is 18.3 Å². The molecule has 0 bridgehead atoms. The number of likely N-dealkylation sites (tertiary alicyclic amines) is 1. The molecule has 4 nitrogen and oxygen atoms in total. The fraction of sp³-hybridized carbons (Fsp3) is 0.471. The number of fused-ring (bicyclic) bond motifs is 1. The van der Waals surface area contributed by atoms with E-state index in [-0.39, 0.29) is 5.43 Å². The molecule has 1 fully saturated rings. The summed E-state index contributed by atoms with van der Waals surface area (Å²) >= 11 is 0. The molecule has 0 N–H and O–H groups in total. The van der Waals surface area contributed by atoms with E-state index in [0.29, 0.717) is 17.6 Å². The minimum absolute atomic E-state index is 0.0205. The predicted molar refractivity (Wildman–Crippen MR) is 82.9 cm³/mol. The van der Waals surface area contributed by atoms with Gasteiger partial charge in [-0.25, -0.2) is 0 Å². The van der Waals surface area contributed by atoms with Crippen LogP contribution in [-0.2, 0) is 0 Å². The second-order valence-electron chi connectivity index (χ2n) is 5.55. The highest BCUT2D eigenvalue weighted by atomic mass is 16.5. The smallest absolute Gasteiger partial charge is 0.192 e. The molecule has 4 heteroatoms. The Morgan fingerprint density at radius 2 is 2.00 bits per heavy atom. The van der Waals surface area contributed by atoms with Gasteiger partial charge in [-0.05, 0) is 44.5 Å². The minimum Gasteiger partial charge on any atom is -0.493 e. The van der Waals surface area contributed by atoms with Gasteiger partial charge in [-0.2, -0.15) is 0 Å². The third-order valence-corrected chi connectivity index (χ3v) is 3.97. The number of hydrogen-bond acceptors (Lipinski definition) is 4. The monoisotopic (exact) mass is 287 g/mol. The molecule has 1 aromatic heterocycles. The van der Waals surface area contributed by atoms with Gasteiger partial charge in [0.1, 0.15) is 11.3 Å². The Kier molecular flexibility index (Phi) is 4.55. The van der Waals surface area contributed by atoms with Gasteiger partial charge in [0, 0.05) is 18.7 Å². The van der Waals surface area contributed by atoms with Crippen LogP contribution in [0.3, 0.4) is 0 Å². The van der Waals surface area contributed by atoms with Crippen molar-refractivity contribution in [1.29, 1.82) is 0 Å². The number of nitrogens with zero attached hydrogens (tertiary/aromatic N) is 1. The van der Waals surface area contributed by atoms with Crippen molar-refractivity contribution >= 4 is 11.0 Å². The van der Waals surface area contributed by atoms with E-state index in [1.165, 1.54) is 44.7 Å². The lowest BCUT2D eigenvalue weighted by molar-refractivity contribution is 0.205. The van der Waals surface area contributed by atoms with Crippen molar-refractivity contribution in [2.24, 2.45) is 0 Å². The summed E-state index contributed by atoms with van der Waals surface area (Å²) in [5.41, 5.74) is 0.559. The summed E-state index contributed by atoms with van der Waals surface area (Å²) < 4.78 is 11.1. The SMILES string of the molecule is O=c1ccoc2cc(OCCCN3CCCCC3)ccc12. The van der Waals surface area contributed by atoms with E-state index in [4.69, 9.17) is 9.15 Å². The number of ether oxygens (including phenoxy) is 1. The van der Waals surface area contributed by atoms with Crippen LogP contribution < -0.4 is 10.2 Å². The van der Waals surface area contributed by atoms with Crippen molar-refractivity contribution < 1.29 is 9.15 Å². The molecule has 0 unspecified atom stereocenters. The molecule has 0 saturated carbocycles. The maximum atomic E-state index is 11.6. The molecule has 0 aliphatic carbocycles. The Balaban J connectivity index is 1.52. The van der Waals surface area contributed by atoms with Crippen LogP contribution in [-0.4, -0.2) is 31.1 Å². The summed E-state index contributed by atoms with van der Waals surface area (Å²) in [5, 5.41) is 0.596. The second kappa shape index (κ2) is 6.76. The number of piperidine rings is 1. The zero-order chi connectivity index (χ0) is 14.5. The molecule has 3 rings (SSSR count). The van der Waals surface area contributed by atoms with Crippen molar-refractivity contribution in [2.45, 2.75) is 25.7 Å². The second-order valence-corrected chi connectivity index (χ2v) is 5.55. The lowest BCUT2D eigenvalue weighted by Crippen LogP contribution is -2.31. The van der Waals surface area contributed by atoms with Crippen LogP contribution in [0.2, 0.25) is 0 Å². The van der Waals surface area contributed by atoms with E-state index < -0.39 is 0 Å². The molecular formula is C17H21NO3. The highest BCUT2D eigenvalue weighted by Crippen LogP contribution is 2.18. The van der Waals surface area contributed by atoms with Crippen LogP contribution >= 0.6 is 0 Å². The molecule has 1 aliphatic heterocycles. The molecule has 0 atom stereocenters. The van der Waals surface area contributed by atoms with Gasteiger partial charge >= 0.3 is 0 Å². The lowest BCUT2D eigenvalue weighted by Gasteiger charge is -2.26. The van der Waals surface area contributed by atoms with Crippen molar-refractivity contribution in [2.75, 3.05) is 26.2 Å².